The zero-order valence-electron chi connectivity index (χ0n) is 20.2. The number of carbonyl (C=O) groups is 3. The molecule has 0 radical (unpaired) electrons. The molecule has 3 aromatic rings. The van der Waals surface area contributed by atoms with Gasteiger partial charge >= 0.3 is 0 Å². The smallest absolute Gasteiger partial charge is 0.262 e. The van der Waals surface area contributed by atoms with Gasteiger partial charge in [0.05, 0.1) is 24.3 Å². The Hall–Kier alpha value is -4.39. The van der Waals surface area contributed by atoms with E-state index in [0.29, 0.717) is 42.3 Å². The van der Waals surface area contributed by atoms with Gasteiger partial charge in [0.15, 0.2) is 17.3 Å². The summed E-state index contributed by atoms with van der Waals surface area (Å²) in [5.74, 6) is 0.166. The Morgan fingerprint density at radius 2 is 1.54 bits per heavy atom. The molecule has 0 bridgehead atoms. The highest BCUT2D eigenvalue weighted by atomic mass is 16.5. The van der Waals surface area contributed by atoms with E-state index in [1.807, 2.05) is 42.5 Å². The number of benzene rings is 3. The lowest BCUT2D eigenvalue weighted by atomic mass is 9.94. The molecule has 0 saturated carbocycles. The summed E-state index contributed by atoms with van der Waals surface area (Å²) in [6.07, 6.45) is 3.34. The van der Waals surface area contributed by atoms with E-state index in [2.05, 4.69) is 5.32 Å². The Morgan fingerprint density at radius 3 is 2.24 bits per heavy atom. The largest absolute Gasteiger partial charge is 0.490 e. The molecule has 0 aliphatic carbocycles. The molecule has 3 aliphatic rings. The summed E-state index contributed by atoms with van der Waals surface area (Å²) in [4.78, 5) is 41.6. The predicted molar refractivity (Wildman–Crippen MR) is 138 cm³/mol. The Balaban J connectivity index is 1.38. The first-order valence-electron chi connectivity index (χ1n) is 12.5. The van der Waals surface area contributed by atoms with E-state index in [1.165, 1.54) is 6.08 Å². The maximum Gasteiger partial charge on any atom is 0.262 e. The van der Waals surface area contributed by atoms with Crippen molar-refractivity contribution in [3.8, 4) is 11.5 Å². The van der Waals surface area contributed by atoms with Crippen LogP contribution in [0.1, 0.15) is 43.8 Å². The van der Waals surface area contributed by atoms with Gasteiger partial charge in [0.1, 0.15) is 6.04 Å². The number of ether oxygens (including phenoxy) is 2. The van der Waals surface area contributed by atoms with Crippen LogP contribution in [0.4, 0.5) is 0 Å². The molecule has 3 aromatic carbocycles. The third kappa shape index (κ3) is 4.27. The molecule has 186 valence electrons. The molecule has 0 unspecified atom stereocenters. The lowest BCUT2D eigenvalue weighted by Gasteiger charge is -2.26. The van der Waals surface area contributed by atoms with E-state index >= 15 is 0 Å². The zero-order valence-corrected chi connectivity index (χ0v) is 20.2. The molecular weight excluding hydrogens is 468 g/mol. The van der Waals surface area contributed by atoms with Gasteiger partial charge in [-0.15, -0.1) is 0 Å². The van der Waals surface area contributed by atoms with E-state index in [9.17, 15) is 14.4 Å². The number of carbonyl (C=O) groups excluding carboxylic acids is 3. The normalized spacial score (nSPS) is 18.1. The standard InChI is InChI=1S/C30H26N2O5/c33-26(18-24-23-17-28-27(36-13-6-14-37-28)16-20(23)11-12-31-24)25(15-19-7-2-1-3-8-19)32-29(34)21-9-4-5-10-22(21)30(32)35/h1-5,7-10,16-18,25,31H,6,11-15H2/b24-18-/t25-/m0/s1. The lowest BCUT2D eigenvalue weighted by Crippen LogP contribution is -2.46. The SMILES string of the molecule is O=C(/C=C1\NCCc2cc3c(cc21)OCCCO3)[C@H](Cc1ccccc1)N1C(=O)c2ccccc2C1=O. The highest BCUT2D eigenvalue weighted by Gasteiger charge is 2.42. The maximum atomic E-state index is 13.9. The topological polar surface area (TPSA) is 84.9 Å². The second-order valence-corrected chi connectivity index (χ2v) is 9.38. The van der Waals surface area contributed by atoms with Crippen molar-refractivity contribution in [1.82, 2.24) is 10.2 Å². The summed E-state index contributed by atoms with van der Waals surface area (Å²) < 4.78 is 11.7. The summed E-state index contributed by atoms with van der Waals surface area (Å²) in [5, 5.41) is 3.33. The average molecular weight is 495 g/mol. The van der Waals surface area contributed by atoms with Crippen LogP contribution in [0.3, 0.4) is 0 Å². The minimum absolute atomic E-state index is 0.225. The van der Waals surface area contributed by atoms with Gasteiger partial charge in [0.2, 0.25) is 0 Å². The Morgan fingerprint density at radius 1 is 0.892 bits per heavy atom. The minimum Gasteiger partial charge on any atom is -0.490 e. The van der Waals surface area contributed by atoms with Crippen molar-refractivity contribution in [3.05, 3.63) is 101 Å². The number of nitrogens with zero attached hydrogens (tertiary/aromatic N) is 1. The fourth-order valence-electron chi connectivity index (χ4n) is 5.15. The molecule has 37 heavy (non-hydrogen) atoms. The molecule has 3 heterocycles. The van der Waals surface area contributed by atoms with Crippen molar-refractivity contribution in [1.29, 1.82) is 0 Å². The minimum atomic E-state index is -0.977. The second kappa shape index (κ2) is 9.58. The molecule has 6 rings (SSSR count). The fourth-order valence-corrected chi connectivity index (χ4v) is 5.15. The highest BCUT2D eigenvalue weighted by molar-refractivity contribution is 6.23. The van der Waals surface area contributed by atoms with Crippen molar-refractivity contribution in [3.63, 3.8) is 0 Å². The van der Waals surface area contributed by atoms with Crippen LogP contribution in [-0.2, 0) is 17.6 Å². The number of fused-ring (bicyclic) bond motifs is 3. The van der Waals surface area contributed by atoms with Crippen molar-refractivity contribution >= 4 is 23.3 Å². The van der Waals surface area contributed by atoms with Crippen LogP contribution in [0.5, 0.6) is 11.5 Å². The molecule has 7 heteroatoms. The van der Waals surface area contributed by atoms with Gasteiger partial charge in [-0.25, -0.2) is 0 Å². The first-order valence-corrected chi connectivity index (χ1v) is 12.5. The van der Waals surface area contributed by atoms with E-state index in [-0.39, 0.29) is 12.2 Å². The van der Waals surface area contributed by atoms with E-state index in [4.69, 9.17) is 9.47 Å². The molecule has 0 saturated heterocycles. The monoisotopic (exact) mass is 494 g/mol. The van der Waals surface area contributed by atoms with E-state index in [1.54, 1.807) is 24.3 Å². The Bertz CT molecular complexity index is 1390. The fraction of sp³-hybridized carbons (Fsp3) is 0.233. The molecule has 3 aliphatic heterocycles. The molecule has 1 atom stereocenters. The van der Waals surface area contributed by atoms with Gasteiger partial charge in [-0.2, -0.15) is 0 Å². The van der Waals surface area contributed by atoms with Crippen LogP contribution in [0.2, 0.25) is 0 Å². The summed E-state index contributed by atoms with van der Waals surface area (Å²) >= 11 is 0. The van der Waals surface area contributed by atoms with Crippen LogP contribution in [0.25, 0.3) is 5.70 Å². The summed E-state index contributed by atoms with van der Waals surface area (Å²) in [7, 11) is 0. The zero-order chi connectivity index (χ0) is 25.4. The van der Waals surface area contributed by atoms with E-state index in [0.717, 1.165) is 40.2 Å². The molecular formula is C30H26N2O5. The number of ketones is 1. The molecule has 0 aromatic heterocycles. The van der Waals surface area contributed by atoms with Crippen LogP contribution in [-0.4, -0.2) is 48.3 Å². The van der Waals surface area contributed by atoms with Gasteiger partial charge in [-0.3, -0.25) is 19.3 Å². The maximum absolute atomic E-state index is 13.9. The number of hydrogen-bond donors (Lipinski definition) is 1. The Labute approximate surface area is 214 Å². The predicted octanol–water partition coefficient (Wildman–Crippen LogP) is 3.81. The van der Waals surface area contributed by atoms with Gasteiger partial charge in [0, 0.05) is 36.7 Å². The molecule has 0 fully saturated rings. The van der Waals surface area contributed by atoms with Crippen molar-refractivity contribution in [2.75, 3.05) is 19.8 Å². The first kappa shape index (κ1) is 23.0. The number of nitrogens with one attached hydrogen (secondary N) is 1. The van der Waals surface area contributed by atoms with Crippen LogP contribution >= 0.6 is 0 Å². The quantitative estimate of drug-likeness (QED) is 0.429. The van der Waals surface area contributed by atoms with Crippen LogP contribution in [0.15, 0.2) is 72.8 Å². The van der Waals surface area contributed by atoms with Crippen LogP contribution < -0.4 is 14.8 Å². The molecule has 0 spiro atoms. The third-order valence-electron chi connectivity index (χ3n) is 7.00. The van der Waals surface area contributed by atoms with E-state index < -0.39 is 17.9 Å². The van der Waals surface area contributed by atoms with Gasteiger partial charge in [-0.05, 0) is 41.8 Å². The van der Waals surface area contributed by atoms with Gasteiger partial charge in [-0.1, -0.05) is 42.5 Å². The van der Waals surface area contributed by atoms with Gasteiger partial charge in [0.25, 0.3) is 11.8 Å². The molecule has 2 amide bonds. The lowest BCUT2D eigenvalue weighted by molar-refractivity contribution is -0.118. The van der Waals surface area contributed by atoms with Crippen molar-refractivity contribution in [2.45, 2.75) is 25.3 Å². The van der Waals surface area contributed by atoms with Crippen molar-refractivity contribution < 1.29 is 23.9 Å². The summed E-state index contributed by atoms with van der Waals surface area (Å²) in [6.45, 7) is 1.82. The highest BCUT2D eigenvalue weighted by Crippen LogP contribution is 2.37. The molecule has 1 N–H and O–H groups in total. The van der Waals surface area contributed by atoms with Crippen molar-refractivity contribution in [2.24, 2.45) is 0 Å². The summed E-state index contributed by atoms with van der Waals surface area (Å²) in [6, 6.07) is 19.1. The first-order chi connectivity index (χ1) is 18.1. The number of hydrogen-bond acceptors (Lipinski definition) is 6. The summed E-state index contributed by atoms with van der Waals surface area (Å²) in [5.41, 5.74) is 4.09. The second-order valence-electron chi connectivity index (χ2n) is 9.38. The Kier molecular flexibility index (Phi) is 5.96. The number of amides is 2. The third-order valence-corrected chi connectivity index (χ3v) is 7.00. The average Bonchev–Trinajstić information content (AvgIpc) is 3.05. The molecule has 7 nitrogen and oxygen atoms in total. The van der Waals surface area contributed by atoms with Crippen LogP contribution in [0, 0.1) is 0 Å². The number of imide groups is 1. The van der Waals surface area contributed by atoms with Gasteiger partial charge < -0.3 is 14.8 Å². The number of rotatable bonds is 5.